The van der Waals surface area contributed by atoms with Crippen LogP contribution in [0.4, 0.5) is 0 Å². The fraction of sp³-hybridized carbons (Fsp3) is 0.567. The SMILES string of the molecule is CCCCC(CC)CN(C=C/C=C/C=C/c1sc2ccccc2[n+]1C)CC(CC)CCCC. The molecule has 0 saturated carbocycles. The molecular weight excluding hydrogens is 420 g/mol. The number of aromatic nitrogens is 1. The van der Waals surface area contributed by atoms with Gasteiger partial charge in [-0.05, 0) is 43.0 Å². The van der Waals surface area contributed by atoms with Crippen LogP contribution in [-0.2, 0) is 7.05 Å². The summed E-state index contributed by atoms with van der Waals surface area (Å²) >= 11 is 1.84. The molecule has 2 rings (SSSR count). The second kappa shape index (κ2) is 15.9. The van der Waals surface area contributed by atoms with Gasteiger partial charge in [0.25, 0.3) is 5.01 Å². The summed E-state index contributed by atoms with van der Waals surface area (Å²) in [6, 6.07) is 8.60. The van der Waals surface area contributed by atoms with Gasteiger partial charge >= 0.3 is 0 Å². The monoisotopic (exact) mass is 467 g/mol. The predicted octanol–water partition coefficient (Wildman–Crippen LogP) is 8.54. The maximum Gasteiger partial charge on any atom is 0.262 e. The lowest BCUT2D eigenvalue weighted by atomic mass is 9.96. The normalized spacial score (nSPS) is 14.2. The van der Waals surface area contributed by atoms with Crippen molar-refractivity contribution in [3.8, 4) is 0 Å². The highest BCUT2D eigenvalue weighted by molar-refractivity contribution is 7.18. The molecule has 2 unspecified atom stereocenters. The van der Waals surface area contributed by atoms with Crippen LogP contribution in [0, 0.1) is 11.8 Å². The van der Waals surface area contributed by atoms with Gasteiger partial charge in [-0.25, -0.2) is 0 Å². The number of fused-ring (bicyclic) bond motifs is 1. The lowest BCUT2D eigenvalue weighted by Gasteiger charge is -2.29. The molecule has 33 heavy (non-hydrogen) atoms. The molecule has 182 valence electrons. The van der Waals surface area contributed by atoms with E-state index in [2.05, 4.69) is 105 Å². The Bertz CT molecular complexity index is 859. The first-order chi connectivity index (χ1) is 16.1. The standard InChI is InChI=1S/C30H47N2S/c1-6-10-18-26(8-3)24-32(25-27(9-4)19-11-7-2)23-17-13-12-14-22-30-31(5)28-20-15-16-21-29(28)33-30/h12-17,20-23,26-27H,6-11,18-19,24-25H2,1-5H3/q+1. The number of nitrogens with zero attached hydrogens (tertiary/aromatic N) is 2. The average Bonchev–Trinajstić information content (AvgIpc) is 3.16. The van der Waals surface area contributed by atoms with Crippen LogP contribution >= 0.6 is 11.3 Å². The van der Waals surface area contributed by atoms with Crippen LogP contribution in [0.1, 0.15) is 84.1 Å². The van der Waals surface area contributed by atoms with Gasteiger partial charge in [0.05, 0.1) is 0 Å². The van der Waals surface area contributed by atoms with Gasteiger partial charge in [-0.3, -0.25) is 0 Å². The Kier molecular flexibility index (Phi) is 13.2. The molecule has 0 fully saturated rings. The number of thiazole rings is 1. The smallest absolute Gasteiger partial charge is 0.262 e. The molecule has 0 saturated heterocycles. The molecule has 0 aliphatic carbocycles. The average molecular weight is 468 g/mol. The summed E-state index contributed by atoms with van der Waals surface area (Å²) < 4.78 is 3.60. The number of rotatable bonds is 16. The topological polar surface area (TPSA) is 7.12 Å². The van der Waals surface area contributed by atoms with Crippen molar-refractivity contribution in [2.75, 3.05) is 13.1 Å². The summed E-state index contributed by atoms with van der Waals surface area (Å²) in [4.78, 5) is 2.60. The van der Waals surface area contributed by atoms with E-state index in [-0.39, 0.29) is 0 Å². The van der Waals surface area contributed by atoms with Gasteiger partial charge in [0.15, 0.2) is 0 Å². The number of hydrogen-bond donors (Lipinski definition) is 0. The van der Waals surface area contributed by atoms with Crippen molar-refractivity contribution in [2.24, 2.45) is 18.9 Å². The zero-order valence-corrected chi connectivity index (χ0v) is 22.6. The summed E-state index contributed by atoms with van der Waals surface area (Å²) in [5, 5.41) is 1.27. The van der Waals surface area contributed by atoms with Crippen molar-refractivity contribution in [1.29, 1.82) is 0 Å². The van der Waals surface area contributed by atoms with Crippen molar-refractivity contribution in [1.82, 2.24) is 4.90 Å². The highest BCUT2D eigenvalue weighted by Crippen LogP contribution is 2.21. The van der Waals surface area contributed by atoms with Crippen LogP contribution in [0.3, 0.4) is 0 Å². The molecule has 0 spiro atoms. The van der Waals surface area contributed by atoms with E-state index < -0.39 is 0 Å². The third-order valence-electron chi connectivity index (χ3n) is 6.71. The summed E-state index contributed by atoms with van der Waals surface area (Å²) in [5.74, 6) is 1.60. The van der Waals surface area contributed by atoms with Gasteiger partial charge in [-0.1, -0.05) is 108 Å². The number of aryl methyl sites for hydroxylation is 1. The van der Waals surface area contributed by atoms with Gasteiger partial charge in [-0.2, -0.15) is 4.57 Å². The van der Waals surface area contributed by atoms with Gasteiger partial charge in [0.1, 0.15) is 11.7 Å². The summed E-state index contributed by atoms with van der Waals surface area (Å²) in [5.41, 5.74) is 1.30. The molecule has 0 N–H and O–H groups in total. The van der Waals surface area contributed by atoms with Crippen molar-refractivity contribution in [3.05, 3.63) is 59.8 Å². The fourth-order valence-electron chi connectivity index (χ4n) is 4.40. The van der Waals surface area contributed by atoms with Crippen molar-refractivity contribution in [3.63, 3.8) is 0 Å². The zero-order valence-electron chi connectivity index (χ0n) is 21.8. The number of hydrogen-bond acceptors (Lipinski definition) is 2. The molecule has 1 aromatic carbocycles. The third-order valence-corrected chi connectivity index (χ3v) is 7.90. The third kappa shape index (κ3) is 9.49. The van der Waals surface area contributed by atoms with Crippen LogP contribution in [0.25, 0.3) is 16.3 Å². The largest absolute Gasteiger partial charge is 0.377 e. The molecular formula is C30H47N2S+. The molecule has 0 radical (unpaired) electrons. The van der Waals surface area contributed by atoms with Crippen molar-refractivity contribution in [2.45, 2.75) is 79.1 Å². The first-order valence-corrected chi connectivity index (χ1v) is 14.1. The maximum absolute atomic E-state index is 2.60. The molecule has 2 atom stereocenters. The number of allylic oxidation sites excluding steroid dienone is 4. The predicted molar refractivity (Wildman–Crippen MR) is 148 cm³/mol. The molecule has 2 nitrogen and oxygen atoms in total. The lowest BCUT2D eigenvalue weighted by molar-refractivity contribution is -0.642. The molecule has 0 aliphatic heterocycles. The molecule has 2 aromatic rings. The maximum atomic E-state index is 2.60. The van der Waals surface area contributed by atoms with E-state index in [1.54, 1.807) is 0 Å². The van der Waals surface area contributed by atoms with Crippen molar-refractivity contribution < 1.29 is 4.57 Å². The van der Waals surface area contributed by atoms with Gasteiger partial charge in [-0.15, -0.1) is 0 Å². The Balaban J connectivity index is 2.01. The fourth-order valence-corrected chi connectivity index (χ4v) is 5.46. The van der Waals surface area contributed by atoms with E-state index in [0.29, 0.717) is 0 Å². The summed E-state index contributed by atoms with van der Waals surface area (Å²) in [6.45, 7) is 11.7. The highest BCUT2D eigenvalue weighted by Gasteiger charge is 2.15. The number of para-hydroxylation sites is 1. The number of benzene rings is 1. The minimum absolute atomic E-state index is 0.801. The van der Waals surface area contributed by atoms with Gasteiger partial charge < -0.3 is 4.90 Å². The van der Waals surface area contributed by atoms with Crippen LogP contribution in [0.2, 0.25) is 0 Å². The van der Waals surface area contributed by atoms with Gasteiger partial charge in [0, 0.05) is 25.2 Å². The van der Waals surface area contributed by atoms with E-state index in [0.717, 1.165) is 11.8 Å². The molecule has 0 bridgehead atoms. The van der Waals surface area contributed by atoms with E-state index >= 15 is 0 Å². The van der Waals surface area contributed by atoms with E-state index in [1.807, 2.05) is 11.3 Å². The Morgan fingerprint density at radius 2 is 1.45 bits per heavy atom. The Hall–Kier alpha value is -1.87. The second-order valence-corrected chi connectivity index (χ2v) is 10.4. The van der Waals surface area contributed by atoms with E-state index in [1.165, 1.54) is 79.7 Å². The van der Waals surface area contributed by atoms with Crippen LogP contribution in [0.15, 0.2) is 54.8 Å². The summed E-state index contributed by atoms with van der Waals surface area (Å²) in [7, 11) is 2.14. The first-order valence-electron chi connectivity index (χ1n) is 13.3. The minimum Gasteiger partial charge on any atom is -0.377 e. The number of unbranched alkanes of at least 4 members (excludes halogenated alkanes) is 2. The Labute approximate surface area is 207 Å². The Morgan fingerprint density at radius 3 is 2.03 bits per heavy atom. The molecule has 3 heteroatoms. The first kappa shape index (κ1) is 27.4. The highest BCUT2D eigenvalue weighted by atomic mass is 32.1. The second-order valence-electron chi connectivity index (χ2n) is 9.34. The van der Waals surface area contributed by atoms with Gasteiger partial charge in [0.2, 0.25) is 5.52 Å². The zero-order chi connectivity index (χ0) is 23.9. The minimum atomic E-state index is 0.801. The molecule has 1 aromatic heterocycles. The lowest BCUT2D eigenvalue weighted by Crippen LogP contribution is -2.29. The molecule has 0 amide bonds. The van der Waals surface area contributed by atoms with E-state index in [4.69, 9.17) is 0 Å². The summed E-state index contributed by atoms with van der Waals surface area (Å²) in [6.07, 6.45) is 23.8. The Morgan fingerprint density at radius 1 is 0.848 bits per heavy atom. The van der Waals surface area contributed by atoms with Crippen molar-refractivity contribution >= 4 is 27.6 Å². The van der Waals surface area contributed by atoms with Crippen LogP contribution < -0.4 is 4.57 Å². The van der Waals surface area contributed by atoms with E-state index in [9.17, 15) is 0 Å². The molecule has 1 heterocycles. The van der Waals surface area contributed by atoms with Crippen LogP contribution in [0.5, 0.6) is 0 Å². The van der Waals surface area contributed by atoms with Crippen LogP contribution in [-0.4, -0.2) is 18.0 Å². The molecule has 0 aliphatic rings. The quantitative estimate of drug-likeness (QED) is 0.177.